The first-order valence-electron chi connectivity index (χ1n) is 11.4. The van der Waals surface area contributed by atoms with Gasteiger partial charge in [0.05, 0.1) is 0 Å². The van der Waals surface area contributed by atoms with Gasteiger partial charge in [0.2, 0.25) is 0 Å². The summed E-state index contributed by atoms with van der Waals surface area (Å²) in [6.07, 6.45) is 7.59. The average Bonchev–Trinajstić information content (AvgIpc) is 3.24. The van der Waals surface area contributed by atoms with E-state index in [2.05, 4.69) is 57.7 Å². The molecule has 2 heterocycles. The molecular weight excluding hydrogens is 346 g/mol. The van der Waals surface area contributed by atoms with Crippen molar-refractivity contribution in [3.63, 3.8) is 0 Å². The second-order valence-electron chi connectivity index (χ2n) is 8.20. The maximum Gasteiger partial charge on any atom is 0.191 e. The van der Waals surface area contributed by atoms with Gasteiger partial charge in [-0.3, -0.25) is 9.89 Å². The number of hydrogen-bond acceptors (Lipinski definition) is 3. The van der Waals surface area contributed by atoms with Crippen LogP contribution in [0.15, 0.2) is 35.3 Å². The van der Waals surface area contributed by atoms with Gasteiger partial charge in [-0.25, -0.2) is 0 Å². The molecule has 1 aromatic rings. The zero-order chi connectivity index (χ0) is 19.4. The van der Waals surface area contributed by atoms with Gasteiger partial charge >= 0.3 is 0 Å². The van der Waals surface area contributed by atoms with Gasteiger partial charge < -0.3 is 15.5 Å². The van der Waals surface area contributed by atoms with Crippen LogP contribution in [0.5, 0.6) is 0 Å². The monoisotopic (exact) mass is 385 g/mol. The van der Waals surface area contributed by atoms with Gasteiger partial charge in [0.1, 0.15) is 0 Å². The number of benzene rings is 1. The Hall–Kier alpha value is -1.59. The summed E-state index contributed by atoms with van der Waals surface area (Å²) in [6, 6.07) is 11.3. The largest absolute Gasteiger partial charge is 0.357 e. The zero-order valence-electron chi connectivity index (χ0n) is 17.7. The summed E-state index contributed by atoms with van der Waals surface area (Å²) in [7, 11) is 0. The van der Waals surface area contributed by atoms with Gasteiger partial charge in [0.25, 0.3) is 0 Å². The molecule has 156 valence electrons. The molecule has 2 aliphatic rings. The first kappa shape index (κ1) is 21.1. The maximum atomic E-state index is 4.82. The Morgan fingerprint density at radius 1 is 1.00 bits per heavy atom. The van der Waals surface area contributed by atoms with E-state index in [0.717, 1.165) is 38.7 Å². The summed E-state index contributed by atoms with van der Waals surface area (Å²) in [5.41, 5.74) is 1.41. The normalized spacial score (nSPS) is 19.8. The fraction of sp³-hybridized carbons (Fsp3) is 0.696. The van der Waals surface area contributed by atoms with E-state index >= 15 is 0 Å². The number of unbranched alkanes of at least 4 members (excludes halogenated alkanes) is 1. The Labute approximate surface area is 171 Å². The summed E-state index contributed by atoms with van der Waals surface area (Å²) in [4.78, 5) is 9.98. The fourth-order valence-corrected chi connectivity index (χ4v) is 4.23. The van der Waals surface area contributed by atoms with Crippen molar-refractivity contribution in [2.45, 2.75) is 58.0 Å². The van der Waals surface area contributed by atoms with Gasteiger partial charge in [-0.1, -0.05) is 30.3 Å². The predicted molar refractivity (Wildman–Crippen MR) is 119 cm³/mol. The lowest BCUT2D eigenvalue weighted by Gasteiger charge is -2.33. The first-order chi connectivity index (χ1) is 13.8. The quantitative estimate of drug-likeness (QED) is 0.389. The number of nitrogens with zero attached hydrogens (tertiary/aromatic N) is 3. The number of likely N-dealkylation sites (tertiary alicyclic amines) is 2. The van der Waals surface area contributed by atoms with Crippen LogP contribution in [0.4, 0.5) is 0 Å². The van der Waals surface area contributed by atoms with Crippen LogP contribution < -0.4 is 10.6 Å². The number of hydrogen-bond donors (Lipinski definition) is 2. The number of guanidine groups is 1. The van der Waals surface area contributed by atoms with Crippen molar-refractivity contribution < 1.29 is 0 Å². The SMILES string of the molecule is CCNC(=NCCCCN1CCCC1)NC1CCN(Cc2ccccc2)CC1. The number of nitrogens with one attached hydrogen (secondary N) is 2. The van der Waals surface area contributed by atoms with Crippen molar-refractivity contribution in [2.75, 3.05) is 45.8 Å². The molecule has 5 heteroatoms. The second-order valence-corrected chi connectivity index (χ2v) is 8.20. The predicted octanol–water partition coefficient (Wildman–Crippen LogP) is 3.08. The van der Waals surface area contributed by atoms with E-state index in [9.17, 15) is 0 Å². The van der Waals surface area contributed by atoms with E-state index in [1.54, 1.807) is 0 Å². The molecule has 2 N–H and O–H groups in total. The molecule has 0 atom stereocenters. The Morgan fingerprint density at radius 3 is 2.46 bits per heavy atom. The minimum absolute atomic E-state index is 0.537. The standard InChI is InChI=1S/C23H39N5/c1-2-24-23(25-14-6-7-15-27-16-8-9-17-27)26-22-12-18-28(19-13-22)20-21-10-4-3-5-11-21/h3-5,10-11,22H,2,6-9,12-20H2,1H3,(H2,24,25,26). The molecule has 1 aromatic carbocycles. The third kappa shape index (κ3) is 7.44. The lowest BCUT2D eigenvalue weighted by atomic mass is 10.0. The molecule has 0 radical (unpaired) electrons. The van der Waals surface area contributed by atoms with Crippen molar-refractivity contribution in [3.05, 3.63) is 35.9 Å². The Balaban J connectivity index is 1.34. The summed E-state index contributed by atoms with van der Waals surface area (Å²) >= 11 is 0. The summed E-state index contributed by atoms with van der Waals surface area (Å²) < 4.78 is 0. The van der Waals surface area contributed by atoms with Crippen molar-refractivity contribution >= 4 is 5.96 Å². The molecule has 0 unspecified atom stereocenters. The third-order valence-corrected chi connectivity index (χ3v) is 5.87. The molecule has 0 amide bonds. The van der Waals surface area contributed by atoms with E-state index in [1.807, 2.05) is 0 Å². The minimum Gasteiger partial charge on any atom is -0.357 e. The van der Waals surface area contributed by atoms with Gasteiger partial charge in [-0.15, -0.1) is 0 Å². The lowest BCUT2D eigenvalue weighted by Crippen LogP contribution is -2.48. The van der Waals surface area contributed by atoms with Crippen molar-refractivity contribution in [1.82, 2.24) is 20.4 Å². The zero-order valence-corrected chi connectivity index (χ0v) is 17.7. The van der Waals surface area contributed by atoms with Gasteiger partial charge in [0, 0.05) is 38.8 Å². The van der Waals surface area contributed by atoms with Crippen molar-refractivity contribution in [3.8, 4) is 0 Å². The van der Waals surface area contributed by atoms with E-state index < -0.39 is 0 Å². The van der Waals surface area contributed by atoms with Crippen LogP contribution in [0.1, 0.15) is 51.0 Å². The van der Waals surface area contributed by atoms with E-state index in [-0.39, 0.29) is 0 Å². The van der Waals surface area contributed by atoms with Crippen molar-refractivity contribution in [2.24, 2.45) is 4.99 Å². The van der Waals surface area contributed by atoms with Crippen LogP contribution in [0.2, 0.25) is 0 Å². The molecule has 0 saturated carbocycles. The number of aliphatic imine (C=N–C) groups is 1. The maximum absolute atomic E-state index is 4.82. The molecule has 0 spiro atoms. The highest BCUT2D eigenvalue weighted by molar-refractivity contribution is 5.80. The Morgan fingerprint density at radius 2 is 1.75 bits per heavy atom. The molecule has 5 nitrogen and oxygen atoms in total. The number of rotatable bonds is 9. The minimum atomic E-state index is 0.537. The molecule has 3 rings (SSSR count). The summed E-state index contributed by atoms with van der Waals surface area (Å²) in [5, 5.41) is 7.10. The topological polar surface area (TPSA) is 42.9 Å². The molecule has 2 aliphatic heterocycles. The van der Waals surface area contributed by atoms with E-state index in [1.165, 1.54) is 63.7 Å². The van der Waals surface area contributed by atoms with Gasteiger partial charge in [-0.2, -0.15) is 0 Å². The van der Waals surface area contributed by atoms with Gasteiger partial charge in [0.15, 0.2) is 5.96 Å². The highest BCUT2D eigenvalue weighted by Crippen LogP contribution is 2.14. The summed E-state index contributed by atoms with van der Waals surface area (Å²) in [6.45, 7) is 11.2. The van der Waals surface area contributed by atoms with Crippen LogP contribution in [0.25, 0.3) is 0 Å². The van der Waals surface area contributed by atoms with Gasteiger partial charge in [-0.05, 0) is 70.6 Å². The first-order valence-corrected chi connectivity index (χ1v) is 11.4. The molecule has 28 heavy (non-hydrogen) atoms. The van der Waals surface area contributed by atoms with Crippen LogP contribution in [0.3, 0.4) is 0 Å². The molecule has 2 fully saturated rings. The molecule has 0 aliphatic carbocycles. The smallest absolute Gasteiger partial charge is 0.191 e. The molecule has 0 bridgehead atoms. The third-order valence-electron chi connectivity index (χ3n) is 5.87. The molecular formula is C23H39N5. The van der Waals surface area contributed by atoms with Crippen molar-refractivity contribution in [1.29, 1.82) is 0 Å². The van der Waals surface area contributed by atoms with Crippen LogP contribution >= 0.6 is 0 Å². The fourth-order valence-electron chi connectivity index (χ4n) is 4.23. The Kier molecular flexibility index (Phi) is 9.11. The van der Waals surface area contributed by atoms with Crippen LogP contribution in [-0.4, -0.2) is 67.6 Å². The number of piperidine rings is 1. The van der Waals surface area contributed by atoms with E-state index in [0.29, 0.717) is 6.04 Å². The molecule has 2 saturated heterocycles. The Bertz CT molecular complexity index is 560. The van der Waals surface area contributed by atoms with E-state index in [4.69, 9.17) is 4.99 Å². The van der Waals surface area contributed by atoms with Crippen LogP contribution in [0, 0.1) is 0 Å². The van der Waals surface area contributed by atoms with Crippen LogP contribution in [-0.2, 0) is 6.54 Å². The average molecular weight is 386 g/mol. The molecule has 0 aromatic heterocycles. The second kappa shape index (κ2) is 12.1. The summed E-state index contributed by atoms with van der Waals surface area (Å²) in [5.74, 6) is 1.00. The highest BCUT2D eigenvalue weighted by Gasteiger charge is 2.20. The highest BCUT2D eigenvalue weighted by atomic mass is 15.2. The lowest BCUT2D eigenvalue weighted by molar-refractivity contribution is 0.198.